The van der Waals surface area contributed by atoms with Crippen LogP contribution in [-0.4, -0.2) is 66.5 Å². The van der Waals surface area contributed by atoms with Gasteiger partial charge in [0.2, 0.25) is 0 Å². The number of likely N-dealkylation sites (N-methyl/N-ethyl adjacent to an activating group) is 1. The van der Waals surface area contributed by atoms with Gasteiger partial charge in [0, 0.05) is 0 Å². The van der Waals surface area contributed by atoms with E-state index in [1.165, 1.54) is 6.92 Å². The number of carbonyl (C=O) groups is 3. The monoisotopic (exact) mass is 267 g/mol. The summed E-state index contributed by atoms with van der Waals surface area (Å²) in [6.07, 6.45) is -1.23. The molecule has 0 aliphatic rings. The first-order valence-electron chi connectivity index (χ1n) is 4.75. The Morgan fingerprint density at radius 2 is 1.44 bits per heavy atom. The van der Waals surface area contributed by atoms with Crippen molar-refractivity contribution >= 4 is 18.0 Å². The number of carboxylic acid groups (broad SMARTS) is 2. The average molecular weight is 267 g/mol. The minimum atomic E-state index is -1.23. The van der Waals surface area contributed by atoms with Crippen LogP contribution < -0.4 is 16.6 Å². The Morgan fingerprint density at radius 3 is 1.44 bits per heavy atom. The summed E-state index contributed by atoms with van der Waals surface area (Å²) in [6, 6.07) is -0.833. The summed E-state index contributed by atoms with van der Waals surface area (Å²) in [4.78, 5) is 28.3. The van der Waals surface area contributed by atoms with Crippen molar-refractivity contribution in [2.75, 3.05) is 27.7 Å². The number of nitrogens with two attached hydrogens (primary N) is 2. The van der Waals surface area contributed by atoms with Gasteiger partial charge in [0.1, 0.15) is 12.6 Å². The van der Waals surface area contributed by atoms with Gasteiger partial charge in [-0.15, -0.1) is 0 Å². The van der Waals surface area contributed by atoms with Crippen LogP contribution >= 0.6 is 0 Å². The van der Waals surface area contributed by atoms with Gasteiger partial charge in [-0.1, -0.05) is 0 Å². The first-order chi connectivity index (χ1) is 7.79. The van der Waals surface area contributed by atoms with Crippen molar-refractivity contribution in [2.45, 2.75) is 13.0 Å². The fourth-order valence-electron chi connectivity index (χ4n) is 0.387. The van der Waals surface area contributed by atoms with E-state index in [0.29, 0.717) is 4.48 Å². The Bertz CT molecular complexity index is 268. The van der Waals surface area contributed by atoms with Crippen LogP contribution in [0.2, 0.25) is 0 Å². The van der Waals surface area contributed by atoms with Crippen molar-refractivity contribution in [3.8, 4) is 0 Å². The predicted octanol–water partition coefficient (Wildman–Crippen LogP) is -3.08. The van der Waals surface area contributed by atoms with Crippen molar-refractivity contribution in [3.63, 3.8) is 0 Å². The molecule has 0 spiro atoms. The molecule has 0 saturated heterocycles. The predicted molar refractivity (Wildman–Crippen MR) is 61.0 cm³/mol. The third kappa shape index (κ3) is 47.9. The van der Waals surface area contributed by atoms with Crippen LogP contribution in [-0.2, 0) is 9.59 Å². The summed E-state index contributed by atoms with van der Waals surface area (Å²) in [5, 5.41) is 25.7. The molecule has 0 radical (unpaired) electrons. The molecule has 0 saturated carbocycles. The number of urea groups is 1. The minimum absolute atomic E-state index is 0.0694. The summed E-state index contributed by atoms with van der Waals surface area (Å²) >= 11 is 0. The van der Waals surface area contributed by atoms with Gasteiger partial charge in [0.15, 0.2) is 0 Å². The molecular formula is C9H21N3O6. The van der Waals surface area contributed by atoms with Crippen LogP contribution in [0.15, 0.2) is 0 Å². The molecule has 0 aromatic carbocycles. The molecule has 9 nitrogen and oxygen atoms in total. The van der Waals surface area contributed by atoms with E-state index in [2.05, 4.69) is 11.5 Å². The Hall–Kier alpha value is -1.87. The number of aliphatic carboxylic acids is 2. The molecule has 0 aliphatic carbocycles. The molecule has 0 bridgehead atoms. The number of carboxylic acids is 2. The van der Waals surface area contributed by atoms with Gasteiger partial charge in [-0.3, -0.25) is 0 Å². The van der Waals surface area contributed by atoms with E-state index in [9.17, 15) is 14.7 Å². The number of hydrogen-bond donors (Lipinski definition) is 4. The maximum Gasteiger partial charge on any atom is 0.332 e. The van der Waals surface area contributed by atoms with Crippen LogP contribution in [0.1, 0.15) is 6.92 Å². The van der Waals surface area contributed by atoms with Crippen molar-refractivity contribution in [1.29, 1.82) is 0 Å². The second kappa shape index (κ2) is 10.3. The zero-order valence-electron chi connectivity index (χ0n) is 10.9. The molecule has 0 aliphatic heterocycles. The van der Waals surface area contributed by atoms with Crippen molar-refractivity contribution in [2.24, 2.45) is 11.5 Å². The van der Waals surface area contributed by atoms with Crippen LogP contribution in [0.4, 0.5) is 4.79 Å². The number of rotatable bonds is 3. The molecule has 108 valence electrons. The second-order valence-electron chi connectivity index (χ2n) is 4.24. The fraction of sp³-hybridized carbons (Fsp3) is 0.667. The first-order valence-corrected chi connectivity index (χ1v) is 4.75. The molecule has 0 rings (SSSR count). The minimum Gasteiger partial charge on any atom is -0.544 e. The molecule has 6 N–H and O–H groups in total. The maximum absolute atomic E-state index is 9.89. The number of primary amides is 2. The third-order valence-electron chi connectivity index (χ3n) is 0.961. The van der Waals surface area contributed by atoms with E-state index in [0.717, 1.165) is 0 Å². The lowest BCUT2D eigenvalue weighted by atomic mass is 10.4. The molecule has 0 heterocycles. The highest BCUT2D eigenvalue weighted by Crippen LogP contribution is 1.84. The molecule has 1 unspecified atom stereocenters. The smallest absolute Gasteiger partial charge is 0.332 e. The van der Waals surface area contributed by atoms with E-state index < -0.39 is 24.1 Å². The third-order valence-corrected chi connectivity index (χ3v) is 0.961. The highest BCUT2D eigenvalue weighted by Gasteiger charge is 2.04. The number of amides is 2. The van der Waals surface area contributed by atoms with Crippen LogP contribution in [0.25, 0.3) is 0 Å². The lowest BCUT2D eigenvalue weighted by Crippen LogP contribution is -2.45. The van der Waals surface area contributed by atoms with Crippen molar-refractivity contribution < 1.29 is 34.2 Å². The normalized spacial score (nSPS) is 10.9. The van der Waals surface area contributed by atoms with Gasteiger partial charge in [-0.25, -0.2) is 9.59 Å². The maximum atomic E-state index is 9.89. The summed E-state index contributed by atoms with van der Waals surface area (Å²) < 4.78 is 0.419. The number of nitrogens with zero attached hydrogens (tertiary/aromatic N) is 1. The number of aliphatic hydroxyl groups excluding tert-OH is 1. The standard InChI is InChI=1S/C5H11NO2.C3H6O3.CH4N2O/c1-6(2,3)4-5(7)8;1-2(4)3(5)6;2-1(3)4/h4H2,1-3H3;2,4H,1H3,(H,5,6);(H4,2,3,4). The lowest BCUT2D eigenvalue weighted by molar-refractivity contribution is -0.864. The molecular weight excluding hydrogens is 246 g/mol. The van der Waals surface area contributed by atoms with Crippen LogP contribution in [0.3, 0.4) is 0 Å². The largest absolute Gasteiger partial charge is 0.544 e. The Balaban J connectivity index is -0.000000200. The SMILES string of the molecule is CC(O)C(=O)O.C[N+](C)(C)CC(=O)[O-].NC(N)=O. The van der Waals surface area contributed by atoms with E-state index in [4.69, 9.17) is 15.0 Å². The highest BCUT2D eigenvalue weighted by atomic mass is 16.4. The summed E-state index contributed by atoms with van der Waals surface area (Å²) in [5.41, 5.74) is 8.50. The van der Waals surface area contributed by atoms with E-state index in [1.54, 1.807) is 21.1 Å². The van der Waals surface area contributed by atoms with Crippen molar-refractivity contribution in [1.82, 2.24) is 0 Å². The van der Waals surface area contributed by atoms with E-state index in [1.807, 2.05) is 0 Å². The summed E-state index contributed by atoms with van der Waals surface area (Å²) in [5.74, 6) is -2.19. The number of aliphatic hydroxyl groups is 1. The zero-order valence-corrected chi connectivity index (χ0v) is 10.9. The van der Waals surface area contributed by atoms with Crippen LogP contribution in [0, 0.1) is 0 Å². The van der Waals surface area contributed by atoms with E-state index >= 15 is 0 Å². The van der Waals surface area contributed by atoms with Crippen molar-refractivity contribution in [3.05, 3.63) is 0 Å². The average Bonchev–Trinajstić information content (AvgIpc) is 1.97. The van der Waals surface area contributed by atoms with Gasteiger partial charge >= 0.3 is 12.0 Å². The van der Waals surface area contributed by atoms with Crippen LogP contribution in [0.5, 0.6) is 0 Å². The molecule has 2 amide bonds. The Morgan fingerprint density at radius 1 is 1.22 bits per heavy atom. The fourth-order valence-corrected chi connectivity index (χ4v) is 0.387. The van der Waals surface area contributed by atoms with Gasteiger partial charge in [-0.05, 0) is 6.92 Å². The van der Waals surface area contributed by atoms with Gasteiger partial charge in [0.25, 0.3) is 0 Å². The molecule has 1 atom stereocenters. The lowest BCUT2D eigenvalue weighted by Gasteiger charge is -2.23. The van der Waals surface area contributed by atoms with E-state index in [-0.39, 0.29) is 6.54 Å². The Kier molecular flexibility index (Phi) is 12.2. The number of hydrogen-bond acceptors (Lipinski definition) is 5. The Labute approximate surface area is 105 Å². The number of quaternary nitrogens is 1. The van der Waals surface area contributed by atoms with Gasteiger partial charge < -0.3 is 36.1 Å². The molecule has 9 heteroatoms. The highest BCUT2D eigenvalue weighted by molar-refractivity contribution is 5.71. The number of carbonyl (C=O) groups excluding carboxylic acids is 2. The summed E-state index contributed by atoms with van der Waals surface area (Å²) in [6.45, 7) is 1.27. The topological polar surface area (TPSA) is 167 Å². The molecule has 0 aromatic rings. The molecule has 0 fully saturated rings. The zero-order chi connectivity index (χ0) is 15.5. The van der Waals surface area contributed by atoms with Gasteiger partial charge in [0.05, 0.1) is 27.1 Å². The summed E-state index contributed by atoms with van der Waals surface area (Å²) in [7, 11) is 5.40. The molecule has 0 aromatic heterocycles. The first kappa shape index (κ1) is 21.4. The molecule has 18 heavy (non-hydrogen) atoms. The van der Waals surface area contributed by atoms with Gasteiger partial charge in [-0.2, -0.15) is 0 Å². The second-order valence-corrected chi connectivity index (χ2v) is 4.24. The quantitative estimate of drug-likeness (QED) is 0.395.